The van der Waals surface area contributed by atoms with Gasteiger partial charge in [0.25, 0.3) is 5.69 Å². The molecule has 0 aromatic heterocycles. The normalized spacial score (nSPS) is 10.9. The van der Waals surface area contributed by atoms with Crippen LogP contribution >= 0.6 is 0 Å². The first-order chi connectivity index (χ1) is 11.9. The Hall–Kier alpha value is -2.97. The predicted octanol–water partition coefficient (Wildman–Crippen LogP) is 2.61. The molecule has 1 aromatic rings. The Bertz CT molecular complexity index is 672. The van der Waals surface area contributed by atoms with E-state index in [1.165, 1.54) is 25.3 Å². The maximum atomic E-state index is 12.0. The number of benzene rings is 1. The first-order valence-electron chi connectivity index (χ1n) is 7.81. The van der Waals surface area contributed by atoms with Crippen LogP contribution in [0.3, 0.4) is 0 Å². The number of hydrogen-bond donors (Lipinski definition) is 2. The van der Waals surface area contributed by atoms with Crippen molar-refractivity contribution in [1.29, 1.82) is 0 Å². The molecule has 0 saturated carbocycles. The molecule has 9 nitrogen and oxygen atoms in total. The molecule has 0 unspecified atom stereocenters. The summed E-state index contributed by atoms with van der Waals surface area (Å²) in [7, 11) is 1.39. The van der Waals surface area contributed by atoms with Gasteiger partial charge < -0.3 is 10.1 Å². The van der Waals surface area contributed by atoms with Crippen LogP contribution in [0.25, 0.3) is 0 Å². The number of nitrogens with zero attached hydrogens (tertiary/aromatic N) is 2. The van der Waals surface area contributed by atoms with Gasteiger partial charge in [0.2, 0.25) is 11.8 Å². The second-order valence-electron chi connectivity index (χ2n) is 5.35. The number of carbonyl (C=O) groups is 2. The lowest BCUT2D eigenvalue weighted by Crippen LogP contribution is -2.21. The van der Waals surface area contributed by atoms with Gasteiger partial charge in [-0.2, -0.15) is 5.10 Å². The van der Waals surface area contributed by atoms with Gasteiger partial charge in [-0.05, 0) is 25.5 Å². The van der Waals surface area contributed by atoms with Crippen LogP contribution in [0.4, 0.5) is 11.4 Å². The fraction of sp³-hybridized carbons (Fsp3) is 0.438. The summed E-state index contributed by atoms with van der Waals surface area (Å²) in [5.74, 6) is -0.373. The maximum absolute atomic E-state index is 12.0. The molecule has 0 radical (unpaired) electrons. The van der Waals surface area contributed by atoms with Gasteiger partial charge in [0.1, 0.15) is 11.4 Å². The van der Waals surface area contributed by atoms with Crippen LogP contribution in [0, 0.1) is 10.1 Å². The summed E-state index contributed by atoms with van der Waals surface area (Å²) >= 11 is 0. The zero-order chi connectivity index (χ0) is 18.8. The van der Waals surface area contributed by atoms with Crippen LogP contribution in [-0.4, -0.2) is 29.6 Å². The number of anilines is 1. The van der Waals surface area contributed by atoms with Crippen LogP contribution in [-0.2, 0) is 9.59 Å². The van der Waals surface area contributed by atoms with Gasteiger partial charge in [0.15, 0.2) is 0 Å². The number of ether oxygens (including phenoxy) is 1. The monoisotopic (exact) mass is 350 g/mol. The van der Waals surface area contributed by atoms with E-state index >= 15 is 0 Å². The van der Waals surface area contributed by atoms with Crippen LogP contribution in [0.15, 0.2) is 23.3 Å². The highest BCUT2D eigenvalue weighted by molar-refractivity contribution is 6.06. The summed E-state index contributed by atoms with van der Waals surface area (Å²) in [4.78, 5) is 33.9. The van der Waals surface area contributed by atoms with Crippen molar-refractivity contribution in [1.82, 2.24) is 5.43 Å². The van der Waals surface area contributed by atoms with Crippen molar-refractivity contribution < 1.29 is 19.2 Å². The molecule has 1 aromatic carbocycles. The highest BCUT2D eigenvalue weighted by atomic mass is 16.6. The molecule has 0 saturated heterocycles. The fourth-order valence-corrected chi connectivity index (χ4v) is 1.91. The number of hydrogen-bond acceptors (Lipinski definition) is 6. The summed E-state index contributed by atoms with van der Waals surface area (Å²) in [6.07, 6.45) is 1.94. The second-order valence-corrected chi connectivity index (χ2v) is 5.35. The van der Waals surface area contributed by atoms with E-state index in [0.29, 0.717) is 17.9 Å². The Kier molecular flexibility index (Phi) is 8.04. The minimum atomic E-state index is -0.604. The number of hydrazone groups is 1. The lowest BCUT2D eigenvalue weighted by molar-refractivity contribution is -0.384. The molecule has 25 heavy (non-hydrogen) atoms. The molecule has 0 atom stereocenters. The molecule has 136 valence electrons. The van der Waals surface area contributed by atoms with Crippen LogP contribution in [0.1, 0.15) is 39.5 Å². The zero-order valence-electron chi connectivity index (χ0n) is 14.5. The summed E-state index contributed by atoms with van der Waals surface area (Å²) in [5.41, 5.74) is 2.56. The number of carbonyl (C=O) groups excluding carboxylic acids is 2. The van der Waals surface area contributed by atoms with Gasteiger partial charge >= 0.3 is 0 Å². The third-order valence-corrected chi connectivity index (χ3v) is 3.22. The predicted molar refractivity (Wildman–Crippen MR) is 93.7 cm³/mol. The Morgan fingerprint density at radius 3 is 2.64 bits per heavy atom. The molecule has 9 heteroatoms. The van der Waals surface area contributed by atoms with Gasteiger partial charge in [-0.25, -0.2) is 5.43 Å². The molecule has 0 aliphatic heterocycles. The van der Waals surface area contributed by atoms with E-state index < -0.39 is 10.8 Å². The first-order valence-corrected chi connectivity index (χ1v) is 7.81. The topological polar surface area (TPSA) is 123 Å². The largest absolute Gasteiger partial charge is 0.496 e. The van der Waals surface area contributed by atoms with Crippen molar-refractivity contribution in [2.24, 2.45) is 5.10 Å². The van der Waals surface area contributed by atoms with E-state index in [4.69, 9.17) is 4.74 Å². The Morgan fingerprint density at radius 1 is 1.32 bits per heavy atom. The standard InChI is InChI=1S/C16H22N4O5/c1-4-5-6-15(21)19-18-11(2)9-16(22)17-13-8-7-12(25-3)10-14(13)20(23)24/h7-8,10H,4-6,9H2,1-3H3,(H,17,22)(H,19,21)/b18-11-. The molecule has 0 spiro atoms. The number of unbranched alkanes of at least 4 members (excludes halogenated alkanes) is 1. The van der Waals surface area contributed by atoms with Gasteiger partial charge in [-0.3, -0.25) is 19.7 Å². The van der Waals surface area contributed by atoms with E-state index in [1.54, 1.807) is 6.92 Å². The van der Waals surface area contributed by atoms with Crippen LogP contribution < -0.4 is 15.5 Å². The fourth-order valence-electron chi connectivity index (χ4n) is 1.91. The minimum absolute atomic E-state index is 0.0654. The van der Waals surface area contributed by atoms with Crippen molar-refractivity contribution in [2.45, 2.75) is 39.5 Å². The van der Waals surface area contributed by atoms with Crippen molar-refractivity contribution >= 4 is 28.9 Å². The summed E-state index contributed by atoms with van der Waals surface area (Å²) in [6.45, 7) is 3.56. The van der Waals surface area contributed by atoms with E-state index in [-0.39, 0.29) is 23.7 Å². The Labute approximate surface area is 145 Å². The molecule has 0 aliphatic carbocycles. The highest BCUT2D eigenvalue weighted by Crippen LogP contribution is 2.28. The number of nitrogens with one attached hydrogen (secondary N) is 2. The zero-order valence-corrected chi connectivity index (χ0v) is 14.5. The van der Waals surface area contributed by atoms with Crippen molar-refractivity contribution in [3.63, 3.8) is 0 Å². The van der Waals surface area contributed by atoms with Gasteiger partial charge in [0, 0.05) is 12.1 Å². The molecule has 0 fully saturated rings. The molecule has 1 rings (SSSR count). The van der Waals surface area contributed by atoms with E-state index in [2.05, 4.69) is 15.8 Å². The molecular formula is C16H22N4O5. The summed E-state index contributed by atoms with van der Waals surface area (Å²) in [5, 5.41) is 17.4. The highest BCUT2D eigenvalue weighted by Gasteiger charge is 2.17. The third-order valence-electron chi connectivity index (χ3n) is 3.22. The van der Waals surface area contributed by atoms with E-state index in [9.17, 15) is 19.7 Å². The van der Waals surface area contributed by atoms with E-state index in [1.807, 2.05) is 6.92 Å². The number of methoxy groups -OCH3 is 1. The molecule has 2 amide bonds. The van der Waals surface area contributed by atoms with Crippen molar-refractivity contribution in [3.8, 4) is 5.75 Å². The van der Waals surface area contributed by atoms with Crippen LogP contribution in [0.2, 0.25) is 0 Å². The second kappa shape index (κ2) is 10.0. The SMILES string of the molecule is CCCCC(=O)N/N=C(/C)CC(=O)Nc1ccc(OC)cc1[N+](=O)[O-]. The number of nitro groups is 1. The van der Waals surface area contributed by atoms with Crippen molar-refractivity contribution in [3.05, 3.63) is 28.3 Å². The van der Waals surface area contributed by atoms with E-state index in [0.717, 1.165) is 12.8 Å². The number of rotatable bonds is 9. The lowest BCUT2D eigenvalue weighted by Gasteiger charge is -2.07. The quantitative estimate of drug-likeness (QED) is 0.402. The molecule has 0 bridgehead atoms. The van der Waals surface area contributed by atoms with Gasteiger partial charge in [-0.15, -0.1) is 0 Å². The molecular weight excluding hydrogens is 328 g/mol. The Balaban J connectivity index is 2.67. The first kappa shape index (κ1) is 20.1. The molecule has 2 N–H and O–H groups in total. The van der Waals surface area contributed by atoms with Crippen molar-refractivity contribution in [2.75, 3.05) is 12.4 Å². The number of nitro benzene ring substituents is 1. The summed E-state index contributed by atoms with van der Waals surface area (Å²) in [6, 6.07) is 4.13. The number of amides is 2. The average molecular weight is 350 g/mol. The van der Waals surface area contributed by atoms with Gasteiger partial charge in [-0.1, -0.05) is 13.3 Å². The average Bonchev–Trinajstić information content (AvgIpc) is 2.58. The summed E-state index contributed by atoms with van der Waals surface area (Å²) < 4.78 is 4.94. The smallest absolute Gasteiger partial charge is 0.296 e. The maximum Gasteiger partial charge on any atom is 0.296 e. The van der Waals surface area contributed by atoms with Crippen LogP contribution in [0.5, 0.6) is 5.75 Å². The Morgan fingerprint density at radius 2 is 2.04 bits per heavy atom. The lowest BCUT2D eigenvalue weighted by atomic mass is 10.2. The third kappa shape index (κ3) is 6.98. The van der Waals surface area contributed by atoms with Gasteiger partial charge in [0.05, 0.1) is 24.5 Å². The molecule has 0 heterocycles. The molecule has 0 aliphatic rings. The minimum Gasteiger partial charge on any atom is -0.496 e.